The van der Waals surface area contributed by atoms with Crippen LogP contribution in [0.5, 0.6) is 0 Å². The third kappa shape index (κ3) is 3.63. The minimum atomic E-state index is 0.424. The van der Waals surface area contributed by atoms with E-state index in [9.17, 15) is 0 Å². The fourth-order valence-electron chi connectivity index (χ4n) is 3.32. The molecule has 0 saturated heterocycles. The molecule has 112 valence electrons. The summed E-state index contributed by atoms with van der Waals surface area (Å²) in [7, 11) is 0. The molecule has 20 heavy (non-hydrogen) atoms. The Balaban J connectivity index is 2.18. The van der Waals surface area contributed by atoms with Crippen molar-refractivity contribution in [2.75, 3.05) is 6.54 Å². The van der Waals surface area contributed by atoms with Gasteiger partial charge in [-0.05, 0) is 75.0 Å². The van der Waals surface area contributed by atoms with Crippen LogP contribution in [0.2, 0.25) is 0 Å². The van der Waals surface area contributed by atoms with E-state index in [1.54, 1.807) is 5.56 Å². The van der Waals surface area contributed by atoms with Gasteiger partial charge in [0.25, 0.3) is 0 Å². The maximum Gasteiger partial charge on any atom is 0.00684 e. The molecule has 0 unspecified atom stereocenters. The summed E-state index contributed by atoms with van der Waals surface area (Å²) in [5.74, 6) is 0. The van der Waals surface area contributed by atoms with Crippen molar-refractivity contribution in [2.45, 2.75) is 72.8 Å². The van der Waals surface area contributed by atoms with Crippen LogP contribution < -0.4 is 5.32 Å². The molecular formula is C19H31N. The topological polar surface area (TPSA) is 12.0 Å². The summed E-state index contributed by atoms with van der Waals surface area (Å²) in [4.78, 5) is 0. The second-order valence-electron chi connectivity index (χ2n) is 6.92. The molecule has 1 saturated carbocycles. The predicted octanol–water partition coefficient (Wildman–Crippen LogP) is 4.71. The third-order valence-electron chi connectivity index (χ3n) is 5.24. The molecule has 1 aliphatic carbocycles. The molecule has 1 aromatic carbocycles. The highest BCUT2D eigenvalue weighted by atomic mass is 15.0. The van der Waals surface area contributed by atoms with Crippen LogP contribution in [0, 0.1) is 26.2 Å². The first-order chi connectivity index (χ1) is 9.49. The number of aryl methyl sites for hydroxylation is 3. The van der Waals surface area contributed by atoms with Gasteiger partial charge in [0.1, 0.15) is 0 Å². The van der Waals surface area contributed by atoms with Crippen LogP contribution in [0.3, 0.4) is 0 Å². The largest absolute Gasteiger partial charge is 0.313 e. The standard InChI is InChI=1S/C19H31N/c1-6-19(7-2,13-20-17-8-9-17)12-18-15(4)10-14(3)11-16(18)5/h10-11,17,20H,6-9,12-13H2,1-5H3. The monoisotopic (exact) mass is 273 g/mol. The summed E-state index contributed by atoms with van der Waals surface area (Å²) >= 11 is 0. The molecular weight excluding hydrogens is 242 g/mol. The summed E-state index contributed by atoms with van der Waals surface area (Å²) in [5, 5.41) is 3.77. The second-order valence-corrected chi connectivity index (χ2v) is 6.92. The number of hydrogen-bond donors (Lipinski definition) is 1. The summed E-state index contributed by atoms with van der Waals surface area (Å²) in [5.41, 5.74) is 6.34. The summed E-state index contributed by atoms with van der Waals surface area (Å²) in [6, 6.07) is 5.49. The molecule has 0 amide bonds. The van der Waals surface area contributed by atoms with Gasteiger partial charge in [0.2, 0.25) is 0 Å². The van der Waals surface area contributed by atoms with Gasteiger partial charge in [-0.1, -0.05) is 31.5 Å². The van der Waals surface area contributed by atoms with Gasteiger partial charge in [0.15, 0.2) is 0 Å². The highest BCUT2D eigenvalue weighted by Crippen LogP contribution is 2.34. The van der Waals surface area contributed by atoms with E-state index in [4.69, 9.17) is 0 Å². The van der Waals surface area contributed by atoms with Gasteiger partial charge < -0.3 is 5.32 Å². The highest BCUT2D eigenvalue weighted by molar-refractivity contribution is 5.38. The first-order valence-electron chi connectivity index (χ1n) is 8.30. The molecule has 2 rings (SSSR count). The fraction of sp³-hybridized carbons (Fsp3) is 0.684. The smallest absolute Gasteiger partial charge is 0.00684 e. The molecule has 0 bridgehead atoms. The van der Waals surface area contributed by atoms with Gasteiger partial charge in [-0.15, -0.1) is 0 Å². The van der Waals surface area contributed by atoms with Crippen LogP contribution in [-0.4, -0.2) is 12.6 Å². The van der Waals surface area contributed by atoms with E-state index in [1.165, 1.54) is 55.3 Å². The van der Waals surface area contributed by atoms with Crippen LogP contribution >= 0.6 is 0 Å². The van der Waals surface area contributed by atoms with Gasteiger partial charge >= 0.3 is 0 Å². The molecule has 0 aromatic heterocycles. The Bertz CT molecular complexity index is 430. The molecule has 1 N–H and O–H groups in total. The molecule has 1 aliphatic rings. The van der Waals surface area contributed by atoms with Crippen molar-refractivity contribution < 1.29 is 0 Å². The lowest BCUT2D eigenvalue weighted by molar-refractivity contribution is 0.244. The van der Waals surface area contributed by atoms with Crippen LogP contribution in [0.15, 0.2) is 12.1 Å². The first-order valence-corrected chi connectivity index (χ1v) is 8.30. The highest BCUT2D eigenvalue weighted by Gasteiger charge is 2.30. The van der Waals surface area contributed by atoms with E-state index in [0.29, 0.717) is 5.41 Å². The second kappa shape index (κ2) is 6.30. The molecule has 1 heteroatoms. The Kier molecular flexibility index (Phi) is 4.90. The molecule has 1 aromatic rings. The van der Waals surface area contributed by atoms with Gasteiger partial charge in [-0.2, -0.15) is 0 Å². The molecule has 0 aliphatic heterocycles. The number of nitrogens with one attached hydrogen (secondary N) is 1. The Morgan fingerprint density at radius 1 is 1.05 bits per heavy atom. The third-order valence-corrected chi connectivity index (χ3v) is 5.24. The molecule has 0 spiro atoms. The normalized spacial score (nSPS) is 15.7. The zero-order valence-corrected chi connectivity index (χ0v) is 14.0. The average molecular weight is 273 g/mol. The molecule has 0 heterocycles. The Labute approximate surface area is 125 Å². The minimum Gasteiger partial charge on any atom is -0.313 e. The number of rotatable bonds is 7. The molecule has 1 nitrogen and oxygen atoms in total. The maximum absolute atomic E-state index is 3.77. The fourth-order valence-corrected chi connectivity index (χ4v) is 3.32. The van der Waals surface area contributed by atoms with Crippen molar-refractivity contribution in [2.24, 2.45) is 5.41 Å². The van der Waals surface area contributed by atoms with Gasteiger partial charge in [-0.3, -0.25) is 0 Å². The van der Waals surface area contributed by atoms with Crippen LogP contribution in [0.4, 0.5) is 0 Å². The van der Waals surface area contributed by atoms with E-state index in [-0.39, 0.29) is 0 Å². The number of benzene rings is 1. The van der Waals surface area contributed by atoms with E-state index in [1.807, 2.05) is 0 Å². The van der Waals surface area contributed by atoms with Crippen molar-refractivity contribution in [3.63, 3.8) is 0 Å². The first kappa shape index (κ1) is 15.6. The van der Waals surface area contributed by atoms with Gasteiger partial charge in [0, 0.05) is 12.6 Å². The Morgan fingerprint density at radius 3 is 2.05 bits per heavy atom. The maximum atomic E-state index is 3.77. The zero-order chi connectivity index (χ0) is 14.8. The van der Waals surface area contributed by atoms with Crippen LogP contribution in [0.25, 0.3) is 0 Å². The van der Waals surface area contributed by atoms with Crippen LogP contribution in [-0.2, 0) is 6.42 Å². The quantitative estimate of drug-likeness (QED) is 0.758. The van der Waals surface area contributed by atoms with Crippen molar-refractivity contribution in [3.05, 3.63) is 34.4 Å². The minimum absolute atomic E-state index is 0.424. The van der Waals surface area contributed by atoms with Crippen molar-refractivity contribution in [1.82, 2.24) is 5.32 Å². The lowest BCUT2D eigenvalue weighted by atomic mass is 9.75. The Morgan fingerprint density at radius 2 is 1.60 bits per heavy atom. The lowest BCUT2D eigenvalue weighted by Gasteiger charge is -2.34. The predicted molar refractivity (Wildman–Crippen MR) is 88.4 cm³/mol. The van der Waals surface area contributed by atoms with Gasteiger partial charge in [0.05, 0.1) is 0 Å². The van der Waals surface area contributed by atoms with E-state index < -0.39 is 0 Å². The molecule has 1 fully saturated rings. The van der Waals surface area contributed by atoms with Gasteiger partial charge in [-0.25, -0.2) is 0 Å². The van der Waals surface area contributed by atoms with Crippen LogP contribution in [0.1, 0.15) is 61.8 Å². The lowest BCUT2D eigenvalue weighted by Crippen LogP contribution is -2.36. The number of hydrogen-bond acceptors (Lipinski definition) is 1. The van der Waals surface area contributed by atoms with E-state index in [0.717, 1.165) is 6.04 Å². The molecule has 0 atom stereocenters. The summed E-state index contributed by atoms with van der Waals surface area (Å²) < 4.78 is 0. The summed E-state index contributed by atoms with van der Waals surface area (Å²) in [6.45, 7) is 12.6. The van der Waals surface area contributed by atoms with Crippen molar-refractivity contribution >= 4 is 0 Å². The van der Waals surface area contributed by atoms with Crippen molar-refractivity contribution in [3.8, 4) is 0 Å². The van der Waals surface area contributed by atoms with E-state index >= 15 is 0 Å². The van der Waals surface area contributed by atoms with E-state index in [2.05, 4.69) is 52.1 Å². The Hall–Kier alpha value is -0.820. The zero-order valence-electron chi connectivity index (χ0n) is 14.0. The average Bonchev–Trinajstić information content (AvgIpc) is 3.22. The van der Waals surface area contributed by atoms with Crippen molar-refractivity contribution in [1.29, 1.82) is 0 Å². The SMILES string of the molecule is CCC(CC)(CNC1CC1)Cc1c(C)cc(C)cc1C. The summed E-state index contributed by atoms with van der Waals surface area (Å²) in [6.07, 6.45) is 6.50. The molecule has 0 radical (unpaired) electrons.